The van der Waals surface area contributed by atoms with Gasteiger partial charge in [0.05, 0.1) is 34.8 Å². The van der Waals surface area contributed by atoms with Crippen molar-refractivity contribution in [3.63, 3.8) is 0 Å². The van der Waals surface area contributed by atoms with Crippen molar-refractivity contribution in [3.8, 4) is 11.6 Å². The summed E-state index contributed by atoms with van der Waals surface area (Å²) in [7, 11) is 3.40. The number of nitrogens with zero attached hydrogens (tertiary/aromatic N) is 3. The molecule has 0 saturated heterocycles. The van der Waals surface area contributed by atoms with Crippen LogP contribution in [0.2, 0.25) is 0 Å². The van der Waals surface area contributed by atoms with Crippen LogP contribution in [0.25, 0.3) is 21.1 Å². The van der Waals surface area contributed by atoms with E-state index in [0.717, 1.165) is 21.4 Å². The molecule has 27 heavy (non-hydrogen) atoms. The van der Waals surface area contributed by atoms with Crippen molar-refractivity contribution >= 4 is 43.5 Å². The van der Waals surface area contributed by atoms with E-state index >= 15 is 0 Å². The number of thiazole rings is 1. The number of nitrogens with one attached hydrogen (secondary N) is 1. The van der Waals surface area contributed by atoms with Crippen LogP contribution in [-0.4, -0.2) is 34.4 Å². The summed E-state index contributed by atoms with van der Waals surface area (Å²) in [5.41, 5.74) is 2.04. The molecule has 0 aliphatic carbocycles. The molecule has 0 bridgehead atoms. The van der Waals surface area contributed by atoms with Gasteiger partial charge in [-0.05, 0) is 43.3 Å². The van der Waals surface area contributed by atoms with Gasteiger partial charge in [-0.2, -0.15) is 5.10 Å². The van der Waals surface area contributed by atoms with E-state index < -0.39 is 0 Å². The molecule has 1 amide bonds. The van der Waals surface area contributed by atoms with Crippen molar-refractivity contribution in [3.05, 3.63) is 42.0 Å². The van der Waals surface area contributed by atoms with Gasteiger partial charge >= 0.3 is 0 Å². The van der Waals surface area contributed by atoms with Crippen molar-refractivity contribution in [2.45, 2.75) is 6.92 Å². The third-order valence-corrected chi connectivity index (χ3v) is 5.06. The molecule has 0 spiro atoms. The first-order chi connectivity index (χ1) is 13.1. The monoisotopic (exact) mass is 382 g/mol. The van der Waals surface area contributed by atoms with E-state index in [4.69, 9.17) is 9.47 Å². The first-order valence-corrected chi connectivity index (χ1v) is 9.26. The molecule has 2 aromatic heterocycles. The van der Waals surface area contributed by atoms with Gasteiger partial charge in [0.15, 0.2) is 5.13 Å². The molecule has 8 heteroatoms. The maximum absolute atomic E-state index is 12.6. The van der Waals surface area contributed by atoms with Gasteiger partial charge in [-0.3, -0.25) is 10.1 Å². The number of hydrogen-bond acceptors (Lipinski definition) is 6. The number of rotatable bonds is 5. The van der Waals surface area contributed by atoms with Gasteiger partial charge < -0.3 is 9.47 Å². The molecule has 2 heterocycles. The second-order valence-corrected chi connectivity index (χ2v) is 6.93. The minimum Gasteiger partial charge on any atom is -0.494 e. The number of anilines is 1. The molecule has 138 valence electrons. The molecule has 0 fully saturated rings. The van der Waals surface area contributed by atoms with Gasteiger partial charge in [0.2, 0.25) is 5.88 Å². The van der Waals surface area contributed by atoms with Crippen molar-refractivity contribution in [1.82, 2.24) is 14.8 Å². The Balaban J connectivity index is 1.60. The number of fused-ring (bicyclic) bond motifs is 2. The van der Waals surface area contributed by atoms with Gasteiger partial charge in [0.25, 0.3) is 5.91 Å². The Kier molecular flexibility index (Phi) is 4.41. The summed E-state index contributed by atoms with van der Waals surface area (Å²) in [6.45, 7) is 2.55. The second-order valence-electron chi connectivity index (χ2n) is 5.90. The van der Waals surface area contributed by atoms with E-state index in [-0.39, 0.29) is 5.91 Å². The van der Waals surface area contributed by atoms with Crippen LogP contribution < -0.4 is 14.8 Å². The fraction of sp³-hybridized carbons (Fsp3) is 0.211. The highest BCUT2D eigenvalue weighted by Gasteiger charge is 2.14. The zero-order valence-electron chi connectivity index (χ0n) is 15.1. The Bertz CT molecular complexity index is 1150. The normalized spacial score (nSPS) is 11.1. The van der Waals surface area contributed by atoms with Gasteiger partial charge in [-0.1, -0.05) is 11.3 Å². The smallest absolute Gasteiger partial charge is 0.257 e. The van der Waals surface area contributed by atoms with E-state index in [9.17, 15) is 4.79 Å². The fourth-order valence-corrected chi connectivity index (χ4v) is 3.83. The number of benzene rings is 2. The minimum atomic E-state index is -0.231. The Morgan fingerprint density at radius 1 is 1.22 bits per heavy atom. The third-order valence-electron chi connectivity index (χ3n) is 4.13. The molecule has 1 N–H and O–H groups in total. The predicted octanol–water partition coefficient (Wildman–Crippen LogP) is 3.84. The van der Waals surface area contributed by atoms with E-state index in [1.807, 2.05) is 31.2 Å². The van der Waals surface area contributed by atoms with E-state index in [0.29, 0.717) is 28.7 Å². The molecule has 4 rings (SSSR count). The topological polar surface area (TPSA) is 78.3 Å². The fourth-order valence-electron chi connectivity index (χ4n) is 2.94. The van der Waals surface area contributed by atoms with E-state index in [1.54, 1.807) is 31.0 Å². The summed E-state index contributed by atoms with van der Waals surface area (Å²) < 4.78 is 13.5. The lowest BCUT2D eigenvalue weighted by atomic mass is 10.1. The summed E-state index contributed by atoms with van der Waals surface area (Å²) in [6, 6.07) is 11.0. The van der Waals surface area contributed by atoms with Crippen LogP contribution >= 0.6 is 11.3 Å². The third kappa shape index (κ3) is 3.19. The highest BCUT2D eigenvalue weighted by atomic mass is 32.1. The first kappa shape index (κ1) is 17.3. The molecule has 0 radical (unpaired) electrons. The number of methoxy groups -OCH3 is 1. The van der Waals surface area contributed by atoms with Crippen molar-refractivity contribution < 1.29 is 14.3 Å². The molecule has 0 aliphatic heterocycles. The quantitative estimate of drug-likeness (QED) is 0.567. The SMILES string of the molecule is CCOc1ccc2nc(NC(=O)c3ccc4c(OC)n(C)nc4c3)sc2c1. The minimum absolute atomic E-state index is 0.231. The summed E-state index contributed by atoms with van der Waals surface area (Å²) in [4.78, 5) is 17.1. The molecule has 2 aromatic carbocycles. The molecule has 0 aliphatic rings. The Morgan fingerprint density at radius 3 is 2.85 bits per heavy atom. The lowest BCUT2D eigenvalue weighted by Crippen LogP contribution is -2.11. The van der Waals surface area contributed by atoms with Gasteiger partial charge in [-0.15, -0.1) is 0 Å². The molecule has 0 atom stereocenters. The molecule has 7 nitrogen and oxygen atoms in total. The molecular weight excluding hydrogens is 364 g/mol. The number of carbonyl (C=O) groups excluding carboxylic acids is 1. The zero-order valence-corrected chi connectivity index (χ0v) is 16.0. The van der Waals surface area contributed by atoms with Crippen molar-refractivity contribution in [1.29, 1.82) is 0 Å². The Morgan fingerprint density at radius 2 is 2.07 bits per heavy atom. The summed E-state index contributed by atoms with van der Waals surface area (Å²) in [6.07, 6.45) is 0. The number of aryl methyl sites for hydroxylation is 1. The lowest BCUT2D eigenvalue weighted by molar-refractivity contribution is 0.102. The van der Waals surface area contributed by atoms with Crippen LogP contribution in [0.4, 0.5) is 5.13 Å². The van der Waals surface area contributed by atoms with Crippen LogP contribution in [0.5, 0.6) is 11.6 Å². The van der Waals surface area contributed by atoms with Gasteiger partial charge in [0.1, 0.15) is 5.75 Å². The standard InChI is InChI=1S/C19H18N4O3S/c1-4-26-12-6-8-14-16(10-12)27-19(20-14)21-17(24)11-5-7-13-15(9-11)22-23(2)18(13)25-3/h5-10H,4H2,1-3H3,(H,20,21,24). The predicted molar refractivity (Wildman–Crippen MR) is 106 cm³/mol. The van der Waals surface area contributed by atoms with Crippen molar-refractivity contribution in [2.24, 2.45) is 7.05 Å². The molecular formula is C19H18N4O3S. The Labute approximate surface area is 159 Å². The molecule has 0 saturated carbocycles. The summed E-state index contributed by atoms with van der Waals surface area (Å²) in [5, 5.41) is 8.65. The summed E-state index contributed by atoms with van der Waals surface area (Å²) in [5.74, 6) is 1.22. The number of amides is 1. The number of aromatic nitrogens is 3. The van der Waals surface area contributed by atoms with E-state index in [1.165, 1.54) is 11.3 Å². The Hall–Kier alpha value is -3.13. The number of carbonyl (C=O) groups is 1. The maximum Gasteiger partial charge on any atom is 0.257 e. The highest BCUT2D eigenvalue weighted by Crippen LogP contribution is 2.30. The first-order valence-electron chi connectivity index (χ1n) is 8.44. The van der Waals surface area contributed by atoms with Gasteiger partial charge in [-0.25, -0.2) is 9.67 Å². The average Bonchev–Trinajstić information content (AvgIpc) is 3.19. The summed E-state index contributed by atoms with van der Waals surface area (Å²) >= 11 is 1.41. The zero-order chi connectivity index (χ0) is 19.0. The largest absolute Gasteiger partial charge is 0.494 e. The van der Waals surface area contributed by atoms with Crippen LogP contribution in [0, 0.1) is 0 Å². The van der Waals surface area contributed by atoms with Gasteiger partial charge in [0, 0.05) is 12.6 Å². The van der Waals surface area contributed by atoms with Crippen LogP contribution in [0.15, 0.2) is 36.4 Å². The average molecular weight is 382 g/mol. The van der Waals surface area contributed by atoms with Crippen LogP contribution in [0.1, 0.15) is 17.3 Å². The van der Waals surface area contributed by atoms with E-state index in [2.05, 4.69) is 15.4 Å². The second kappa shape index (κ2) is 6.88. The van der Waals surface area contributed by atoms with Crippen molar-refractivity contribution in [2.75, 3.05) is 19.0 Å². The van der Waals surface area contributed by atoms with Crippen LogP contribution in [0.3, 0.4) is 0 Å². The highest BCUT2D eigenvalue weighted by molar-refractivity contribution is 7.22. The lowest BCUT2D eigenvalue weighted by Gasteiger charge is -2.02. The number of hydrogen-bond donors (Lipinski definition) is 1. The van der Waals surface area contributed by atoms with Crippen LogP contribution in [-0.2, 0) is 7.05 Å². The number of ether oxygens (including phenoxy) is 2. The molecule has 4 aromatic rings. The maximum atomic E-state index is 12.6. The molecule has 0 unspecified atom stereocenters.